The lowest BCUT2D eigenvalue weighted by Crippen LogP contribution is -2.03. The molecule has 0 aliphatic rings. The summed E-state index contributed by atoms with van der Waals surface area (Å²) in [7, 11) is 1.76. The summed E-state index contributed by atoms with van der Waals surface area (Å²) < 4.78 is 41.1. The monoisotopic (exact) mass is 408 g/mol. The summed E-state index contributed by atoms with van der Waals surface area (Å²) in [6.07, 6.45) is -2.72. The van der Waals surface area contributed by atoms with Gasteiger partial charge in [-0.3, -0.25) is 4.72 Å². The molecule has 0 saturated heterocycles. The zero-order valence-corrected chi connectivity index (χ0v) is 15.8. The lowest BCUT2D eigenvalue weighted by molar-refractivity contribution is -0.137. The third kappa shape index (κ3) is 4.77. The fraction of sp³-hybridized carbons (Fsp3) is 0.105. The quantitative estimate of drug-likeness (QED) is 0.519. The van der Waals surface area contributed by atoms with Crippen LogP contribution in [0.3, 0.4) is 0 Å². The number of halogens is 3. The molecule has 27 heavy (non-hydrogen) atoms. The minimum absolute atomic E-state index is 0.166. The van der Waals surface area contributed by atoms with Crippen molar-refractivity contribution in [3.05, 3.63) is 66.4 Å². The predicted molar refractivity (Wildman–Crippen MR) is 102 cm³/mol. The fourth-order valence-electron chi connectivity index (χ4n) is 2.39. The summed E-state index contributed by atoms with van der Waals surface area (Å²) in [4.78, 5) is 5.70. The normalized spacial score (nSPS) is 11.6. The van der Waals surface area contributed by atoms with E-state index in [4.69, 9.17) is 0 Å². The first-order valence-electron chi connectivity index (χ1n) is 7.85. The molecule has 3 nitrogen and oxygen atoms in total. The molecule has 0 aliphatic carbocycles. The van der Waals surface area contributed by atoms with E-state index in [1.54, 1.807) is 31.4 Å². The van der Waals surface area contributed by atoms with Crippen LogP contribution < -0.4 is 4.72 Å². The van der Waals surface area contributed by atoms with Gasteiger partial charge in [-0.15, -0.1) is 0 Å². The molecular formula is C19H15F3N2OS2. The molecule has 0 spiro atoms. The molecule has 3 rings (SSSR count). The van der Waals surface area contributed by atoms with Crippen molar-refractivity contribution in [3.8, 4) is 16.9 Å². The number of benzene rings is 2. The maximum absolute atomic E-state index is 12.7. The van der Waals surface area contributed by atoms with Gasteiger partial charge in [0.05, 0.1) is 10.5 Å². The molecule has 0 saturated carbocycles. The van der Waals surface area contributed by atoms with Crippen molar-refractivity contribution in [3.63, 3.8) is 0 Å². The zero-order chi connectivity index (χ0) is 19.4. The average molecular weight is 408 g/mol. The lowest BCUT2D eigenvalue weighted by Gasteiger charge is -2.11. The van der Waals surface area contributed by atoms with Crippen molar-refractivity contribution >= 4 is 23.7 Å². The van der Waals surface area contributed by atoms with Gasteiger partial charge in [-0.1, -0.05) is 23.9 Å². The fourth-order valence-corrected chi connectivity index (χ4v) is 3.87. The lowest BCUT2D eigenvalue weighted by atomic mass is 10.1. The number of aromatic nitrogens is 1. The van der Waals surface area contributed by atoms with Crippen LogP contribution >= 0.6 is 23.7 Å². The maximum atomic E-state index is 12.7. The van der Waals surface area contributed by atoms with E-state index in [0.717, 1.165) is 23.3 Å². The van der Waals surface area contributed by atoms with Crippen LogP contribution in [-0.2, 0) is 6.18 Å². The maximum Gasteiger partial charge on any atom is 0.416 e. The molecule has 2 aromatic carbocycles. The van der Waals surface area contributed by atoms with Gasteiger partial charge in [0.15, 0.2) is 0 Å². The third-order valence-corrected chi connectivity index (χ3v) is 5.43. The molecule has 0 unspecified atom stereocenters. The smallest absolute Gasteiger partial charge is 0.416 e. The van der Waals surface area contributed by atoms with E-state index in [-0.39, 0.29) is 5.75 Å². The van der Waals surface area contributed by atoms with Gasteiger partial charge in [0.2, 0.25) is 0 Å². The molecule has 1 heterocycles. The Morgan fingerprint density at radius 1 is 1.04 bits per heavy atom. The van der Waals surface area contributed by atoms with E-state index in [2.05, 4.69) is 9.71 Å². The number of aromatic hydroxyl groups is 1. The topological polar surface area (TPSA) is 45.2 Å². The van der Waals surface area contributed by atoms with E-state index < -0.39 is 11.7 Å². The van der Waals surface area contributed by atoms with Crippen molar-refractivity contribution in [2.75, 3.05) is 7.05 Å². The van der Waals surface area contributed by atoms with Crippen molar-refractivity contribution in [2.45, 2.75) is 21.0 Å². The van der Waals surface area contributed by atoms with Gasteiger partial charge in [-0.25, -0.2) is 4.98 Å². The first-order chi connectivity index (χ1) is 12.9. The van der Waals surface area contributed by atoms with Gasteiger partial charge in [0.25, 0.3) is 0 Å². The first kappa shape index (κ1) is 19.6. The van der Waals surface area contributed by atoms with Crippen LogP contribution in [0.4, 0.5) is 13.2 Å². The second-order valence-corrected chi connectivity index (χ2v) is 7.58. The number of nitrogens with one attached hydrogen (secondary N) is 1. The number of phenolic OH excluding ortho intramolecular Hbond substituents is 1. The minimum Gasteiger partial charge on any atom is -0.507 e. The number of rotatable bonds is 5. The molecule has 0 fully saturated rings. The van der Waals surface area contributed by atoms with E-state index >= 15 is 0 Å². The van der Waals surface area contributed by atoms with E-state index in [1.807, 2.05) is 12.1 Å². The molecule has 0 bridgehead atoms. The molecule has 8 heteroatoms. The summed E-state index contributed by atoms with van der Waals surface area (Å²) in [5.74, 6) is 0.166. The van der Waals surface area contributed by atoms with Crippen LogP contribution in [0.1, 0.15) is 5.56 Å². The van der Waals surface area contributed by atoms with Gasteiger partial charge in [0.1, 0.15) is 10.8 Å². The van der Waals surface area contributed by atoms with Gasteiger partial charge in [0, 0.05) is 16.7 Å². The molecule has 1 aromatic heterocycles. The molecule has 2 N–H and O–H groups in total. The minimum atomic E-state index is -4.35. The SMILES string of the molecule is CNSc1cc(-c2cccnc2Sc2ccc(C(F)(F)F)cc2)ccc1O. The van der Waals surface area contributed by atoms with Crippen LogP contribution in [0.5, 0.6) is 5.75 Å². The number of nitrogens with zero attached hydrogens (tertiary/aromatic N) is 1. The molecule has 3 aromatic rings. The van der Waals surface area contributed by atoms with Crippen LogP contribution in [0.25, 0.3) is 11.1 Å². The number of hydrogen-bond acceptors (Lipinski definition) is 5. The molecule has 0 atom stereocenters. The summed E-state index contributed by atoms with van der Waals surface area (Å²) in [5.41, 5.74) is 1.01. The number of phenols is 1. The van der Waals surface area contributed by atoms with E-state index in [9.17, 15) is 18.3 Å². The largest absolute Gasteiger partial charge is 0.507 e. The Hall–Kier alpha value is -2.16. The molecule has 0 aliphatic heterocycles. The van der Waals surface area contributed by atoms with Gasteiger partial charge in [-0.2, -0.15) is 13.2 Å². The summed E-state index contributed by atoms with van der Waals surface area (Å²) in [6.45, 7) is 0. The highest BCUT2D eigenvalue weighted by Gasteiger charge is 2.30. The van der Waals surface area contributed by atoms with Crippen LogP contribution in [0.15, 0.2) is 75.6 Å². The molecule has 0 radical (unpaired) electrons. The number of pyridine rings is 1. The van der Waals surface area contributed by atoms with Gasteiger partial charge < -0.3 is 5.11 Å². The standard InChI is InChI=1S/C19H15F3N2OS2/c1-23-27-17-11-12(4-9-16(17)25)15-3-2-10-24-18(15)26-14-7-5-13(6-8-14)19(20,21)22/h2-11,23,25H,1H3. The highest BCUT2D eigenvalue weighted by atomic mass is 32.2. The Labute approximate surface area is 163 Å². The van der Waals surface area contributed by atoms with Gasteiger partial charge >= 0.3 is 6.18 Å². The Morgan fingerprint density at radius 3 is 2.44 bits per heavy atom. The van der Waals surface area contributed by atoms with Crippen molar-refractivity contribution < 1.29 is 18.3 Å². The summed E-state index contributed by atoms with van der Waals surface area (Å²) >= 11 is 2.58. The van der Waals surface area contributed by atoms with Crippen molar-refractivity contribution in [1.29, 1.82) is 0 Å². The second kappa shape index (κ2) is 8.24. The number of hydrogen-bond donors (Lipinski definition) is 2. The highest BCUT2D eigenvalue weighted by Crippen LogP contribution is 2.38. The number of alkyl halides is 3. The third-order valence-electron chi connectivity index (χ3n) is 3.65. The molecular weight excluding hydrogens is 393 g/mol. The second-order valence-electron chi connectivity index (χ2n) is 5.47. The van der Waals surface area contributed by atoms with Crippen LogP contribution in [0.2, 0.25) is 0 Å². The Kier molecular flexibility index (Phi) is 5.98. The Morgan fingerprint density at radius 2 is 1.78 bits per heavy atom. The van der Waals surface area contributed by atoms with Crippen LogP contribution in [0, 0.1) is 0 Å². The molecule has 0 amide bonds. The summed E-state index contributed by atoms with van der Waals surface area (Å²) in [6, 6.07) is 13.9. The van der Waals surface area contributed by atoms with Crippen molar-refractivity contribution in [1.82, 2.24) is 9.71 Å². The van der Waals surface area contributed by atoms with Crippen molar-refractivity contribution in [2.24, 2.45) is 0 Å². The van der Waals surface area contributed by atoms with Gasteiger partial charge in [-0.05, 0) is 67.0 Å². The Bertz CT molecular complexity index is 931. The van der Waals surface area contributed by atoms with E-state index in [0.29, 0.717) is 14.8 Å². The van der Waals surface area contributed by atoms with Crippen LogP contribution in [-0.4, -0.2) is 17.1 Å². The highest BCUT2D eigenvalue weighted by molar-refractivity contribution is 7.99. The van der Waals surface area contributed by atoms with E-state index in [1.165, 1.54) is 35.8 Å². The average Bonchev–Trinajstić information content (AvgIpc) is 2.64. The summed E-state index contributed by atoms with van der Waals surface area (Å²) in [5, 5.41) is 10.6. The Balaban J connectivity index is 1.92. The molecule has 140 valence electrons. The first-order valence-corrected chi connectivity index (χ1v) is 9.49. The zero-order valence-electron chi connectivity index (χ0n) is 14.1. The predicted octanol–water partition coefficient (Wildman–Crippen LogP) is 5.85.